The summed E-state index contributed by atoms with van der Waals surface area (Å²) in [5.41, 5.74) is 0. The van der Waals surface area contributed by atoms with Crippen molar-refractivity contribution in [1.29, 1.82) is 0 Å². The van der Waals surface area contributed by atoms with Crippen molar-refractivity contribution < 1.29 is 12.4 Å². The summed E-state index contributed by atoms with van der Waals surface area (Å²) in [5.74, 6) is 0.968. The number of imidazole rings is 1. The average molecular weight is 377 g/mol. The summed E-state index contributed by atoms with van der Waals surface area (Å²) in [6, 6.07) is 0. The Balaban J connectivity index is 0. The smallest absolute Gasteiger partial charge is 0.102 e. The molecule has 0 fully saturated rings. The summed E-state index contributed by atoms with van der Waals surface area (Å²) in [6.07, 6.45) is 21.5. The van der Waals surface area contributed by atoms with Crippen LogP contribution in [0.3, 0.4) is 0 Å². The van der Waals surface area contributed by atoms with Crippen LogP contribution in [0.5, 0.6) is 0 Å². The Morgan fingerprint density at radius 3 is 1.33 bits per heavy atom. The second-order valence-electron chi connectivity index (χ2n) is 6.82. The largest absolute Gasteiger partial charge is 1.00 e. The molecule has 0 spiro atoms. The first kappa shape index (κ1) is 26.2. The van der Waals surface area contributed by atoms with Gasteiger partial charge in [0.25, 0.3) is 0 Å². The molecule has 144 valence electrons. The Hall–Kier alpha value is -0.0700. The van der Waals surface area contributed by atoms with Crippen LogP contribution in [0.25, 0.3) is 0 Å². The minimum absolute atomic E-state index is 0. The number of unbranched alkanes of at least 4 members (excludes halogenated alkanes) is 4. The lowest BCUT2D eigenvalue weighted by molar-refractivity contribution is -0.00000553. The number of rotatable bonds is 12. The van der Waals surface area contributed by atoms with Gasteiger partial charge in [-0.3, -0.25) is 0 Å². The zero-order valence-corrected chi connectivity index (χ0v) is 18.6. The van der Waals surface area contributed by atoms with Gasteiger partial charge in [0, 0.05) is 19.7 Å². The van der Waals surface area contributed by atoms with Crippen molar-refractivity contribution in [3.63, 3.8) is 0 Å². The van der Waals surface area contributed by atoms with Gasteiger partial charge in [0.05, 0.1) is 24.6 Å². The molecule has 4 heteroatoms. The fraction of sp³-hybridized carbons (Fsp3) is 0.850. The highest BCUT2D eigenvalue weighted by Crippen LogP contribution is 2.61. The molecule has 1 N–H and O–H groups in total. The second kappa shape index (κ2) is 17.7. The van der Waals surface area contributed by atoms with Gasteiger partial charge in [-0.1, -0.05) is 53.4 Å². The highest BCUT2D eigenvalue weighted by molar-refractivity contribution is 7.75. The summed E-state index contributed by atoms with van der Waals surface area (Å²) in [6.45, 7) is 11.3. The van der Waals surface area contributed by atoms with Crippen molar-refractivity contribution >= 4 is 7.26 Å². The van der Waals surface area contributed by atoms with Crippen LogP contribution >= 0.6 is 7.26 Å². The van der Waals surface area contributed by atoms with Crippen molar-refractivity contribution in [1.82, 2.24) is 9.97 Å². The van der Waals surface area contributed by atoms with Gasteiger partial charge in [-0.25, -0.2) is 4.98 Å². The number of nitrogens with one attached hydrogen (secondary N) is 1. The van der Waals surface area contributed by atoms with E-state index in [1.165, 1.54) is 51.4 Å². The lowest BCUT2D eigenvalue weighted by Gasteiger charge is -2.28. The van der Waals surface area contributed by atoms with Gasteiger partial charge >= 0.3 is 0 Å². The van der Waals surface area contributed by atoms with E-state index in [1.54, 1.807) is 37.0 Å². The molecule has 24 heavy (non-hydrogen) atoms. The molecule has 0 radical (unpaired) electrons. The predicted molar refractivity (Wildman–Crippen MR) is 109 cm³/mol. The molecule has 1 aromatic heterocycles. The van der Waals surface area contributed by atoms with E-state index in [1.807, 2.05) is 6.92 Å². The molecule has 0 aliphatic heterocycles. The second-order valence-corrected chi connectivity index (χ2v) is 11.3. The Labute approximate surface area is 158 Å². The lowest BCUT2D eigenvalue weighted by Crippen LogP contribution is -3.00. The van der Waals surface area contributed by atoms with Crippen molar-refractivity contribution in [2.24, 2.45) is 0 Å². The van der Waals surface area contributed by atoms with Crippen LogP contribution in [0.1, 0.15) is 84.9 Å². The van der Waals surface area contributed by atoms with Crippen LogP contribution in [0.2, 0.25) is 0 Å². The van der Waals surface area contributed by atoms with Crippen LogP contribution in [0.15, 0.2) is 12.4 Å². The maximum Gasteiger partial charge on any atom is 0.102 e. The highest BCUT2D eigenvalue weighted by atomic mass is 35.5. The highest BCUT2D eigenvalue weighted by Gasteiger charge is 2.34. The first-order valence-corrected chi connectivity index (χ1v) is 12.5. The Morgan fingerprint density at radius 2 is 1.17 bits per heavy atom. The van der Waals surface area contributed by atoms with E-state index in [0.717, 1.165) is 5.82 Å². The van der Waals surface area contributed by atoms with E-state index in [4.69, 9.17) is 0 Å². The summed E-state index contributed by atoms with van der Waals surface area (Å²) in [5, 5.41) is 0. The third-order valence-electron chi connectivity index (χ3n) is 4.58. The monoisotopic (exact) mass is 376 g/mol. The maximum atomic E-state index is 3.86. The molecular weight excluding hydrogens is 335 g/mol. The average Bonchev–Trinajstić information content (AvgIpc) is 3.05. The molecule has 1 rings (SSSR count). The third-order valence-corrected chi connectivity index (χ3v) is 9.64. The van der Waals surface area contributed by atoms with E-state index in [-0.39, 0.29) is 12.4 Å². The van der Waals surface area contributed by atoms with Crippen LogP contribution in [-0.4, -0.2) is 34.6 Å². The van der Waals surface area contributed by atoms with E-state index >= 15 is 0 Å². The molecule has 0 amide bonds. The minimum atomic E-state index is -0.562. The van der Waals surface area contributed by atoms with E-state index in [0.29, 0.717) is 0 Å². The summed E-state index contributed by atoms with van der Waals surface area (Å²) >= 11 is 0. The lowest BCUT2D eigenvalue weighted by atomic mass is 10.4. The standard InChI is InChI=1S/C16H36P.C4H6N2.ClH/c1-5-9-13-17(14-10-6-2,15-11-7-3)16-12-8-4;1-4-5-2-3-6-4;/h5-16H2,1-4H3;2-3H,1H3,(H,5,6);1H/q+1;;/p-1. The number of nitrogens with zero attached hydrogens (tertiary/aromatic N) is 1. The number of hydrogen-bond acceptors (Lipinski definition) is 1. The first-order chi connectivity index (χ1) is 11.1. The van der Waals surface area contributed by atoms with Crippen molar-refractivity contribution in [3.8, 4) is 0 Å². The summed E-state index contributed by atoms with van der Waals surface area (Å²) in [7, 11) is -0.562. The van der Waals surface area contributed by atoms with Crippen LogP contribution < -0.4 is 12.4 Å². The van der Waals surface area contributed by atoms with Gasteiger partial charge in [0.2, 0.25) is 0 Å². The van der Waals surface area contributed by atoms with Crippen molar-refractivity contribution in [3.05, 3.63) is 18.2 Å². The predicted octanol–water partition coefficient (Wildman–Crippen LogP) is 3.93. The van der Waals surface area contributed by atoms with Crippen molar-refractivity contribution in [2.75, 3.05) is 24.6 Å². The minimum Gasteiger partial charge on any atom is -1.00 e. The normalized spacial score (nSPS) is 10.7. The number of H-pyrrole nitrogens is 1. The van der Waals surface area contributed by atoms with E-state index in [9.17, 15) is 0 Å². The number of hydrogen-bond donors (Lipinski definition) is 1. The topological polar surface area (TPSA) is 28.7 Å². The molecule has 0 unspecified atom stereocenters. The van der Waals surface area contributed by atoms with Gasteiger partial charge in [-0.15, -0.1) is 0 Å². The van der Waals surface area contributed by atoms with Gasteiger partial charge in [0.1, 0.15) is 5.82 Å². The molecule has 1 heterocycles. The molecule has 0 aromatic carbocycles. The van der Waals surface area contributed by atoms with Gasteiger partial charge in [-0.2, -0.15) is 0 Å². The van der Waals surface area contributed by atoms with E-state index in [2.05, 4.69) is 37.7 Å². The Morgan fingerprint density at radius 1 is 0.792 bits per heavy atom. The molecule has 0 saturated heterocycles. The Kier molecular flexibility index (Phi) is 19.3. The maximum absolute atomic E-state index is 3.86. The van der Waals surface area contributed by atoms with Crippen LogP contribution in [0, 0.1) is 6.92 Å². The molecule has 0 aliphatic rings. The third kappa shape index (κ3) is 13.2. The quantitative estimate of drug-likeness (QED) is 0.550. The molecule has 0 bridgehead atoms. The number of aryl methyl sites for hydroxylation is 1. The number of aromatic nitrogens is 2. The number of aromatic amines is 1. The van der Waals surface area contributed by atoms with Crippen molar-refractivity contribution in [2.45, 2.75) is 86.0 Å². The summed E-state index contributed by atoms with van der Waals surface area (Å²) < 4.78 is 0. The fourth-order valence-corrected chi connectivity index (χ4v) is 8.28. The SMILES string of the molecule is CCCC[P+](CCCC)(CCCC)CCCC.Cc1ncc[nH]1.[Cl-]. The van der Waals surface area contributed by atoms with Gasteiger partial charge in [0.15, 0.2) is 0 Å². The van der Waals surface area contributed by atoms with E-state index < -0.39 is 7.26 Å². The zero-order valence-electron chi connectivity index (χ0n) is 16.9. The molecular formula is C20H42ClN2P. The van der Waals surface area contributed by atoms with Gasteiger partial charge < -0.3 is 17.4 Å². The summed E-state index contributed by atoms with van der Waals surface area (Å²) in [4.78, 5) is 6.75. The fourth-order valence-electron chi connectivity index (χ4n) is 2.99. The molecule has 0 atom stereocenters. The first-order valence-electron chi connectivity index (χ1n) is 9.95. The van der Waals surface area contributed by atoms with Crippen LogP contribution in [-0.2, 0) is 0 Å². The molecule has 0 saturated carbocycles. The molecule has 2 nitrogen and oxygen atoms in total. The van der Waals surface area contributed by atoms with Gasteiger partial charge in [-0.05, 0) is 32.6 Å². The number of halogens is 1. The molecule has 0 aliphatic carbocycles. The Bertz CT molecular complexity index is 304. The van der Waals surface area contributed by atoms with Crippen LogP contribution in [0.4, 0.5) is 0 Å². The molecule has 1 aromatic rings. The zero-order chi connectivity index (χ0) is 17.4.